The number of carbonyl (C=O) groups is 2. The van der Waals surface area contributed by atoms with Crippen LogP contribution in [0.1, 0.15) is 17.3 Å². The third-order valence-corrected chi connectivity index (χ3v) is 2.40. The summed E-state index contributed by atoms with van der Waals surface area (Å²) in [5, 5.41) is 10.4. The third-order valence-electron chi connectivity index (χ3n) is 2.40. The van der Waals surface area contributed by atoms with Crippen molar-refractivity contribution in [3.05, 3.63) is 29.8 Å². The van der Waals surface area contributed by atoms with Gasteiger partial charge in [-0.3, -0.25) is 4.79 Å². The zero-order valence-electron chi connectivity index (χ0n) is 10.6. The predicted octanol–water partition coefficient (Wildman–Crippen LogP) is -1.47. The largest absolute Gasteiger partial charge is 0.544 e. The molecule has 0 aliphatic carbocycles. The van der Waals surface area contributed by atoms with Crippen molar-refractivity contribution >= 4 is 11.8 Å². The number of quaternary nitrogens is 1. The van der Waals surface area contributed by atoms with Gasteiger partial charge in [0.15, 0.2) is 0 Å². The molecule has 0 aliphatic rings. The van der Waals surface area contributed by atoms with Crippen LogP contribution < -0.4 is 14.7 Å². The van der Waals surface area contributed by atoms with Crippen molar-refractivity contribution in [2.75, 3.05) is 26.7 Å². The molecule has 0 aromatic heterocycles. The molecule has 98 valence electrons. The Morgan fingerprint density at radius 1 is 1.22 bits per heavy atom. The number of nitrogens with one attached hydrogen (secondary N) is 1. The number of Topliss-reactive ketones (excluding diaryl/α,β-unsaturated/α-hetero) is 1. The highest BCUT2D eigenvalue weighted by Gasteiger charge is 2.12. The van der Waals surface area contributed by atoms with Gasteiger partial charge in [0.05, 0.1) is 19.6 Å². The first kappa shape index (κ1) is 14.2. The molecule has 1 aromatic rings. The summed E-state index contributed by atoms with van der Waals surface area (Å²) in [7, 11) is 1.64. The molecule has 0 amide bonds. The number of hydrogen-bond donors (Lipinski definition) is 1. The molecule has 0 radical (unpaired) electrons. The number of rotatable bonds is 7. The van der Waals surface area contributed by atoms with Crippen LogP contribution in [0.3, 0.4) is 0 Å². The van der Waals surface area contributed by atoms with Crippen LogP contribution in [0.5, 0.6) is 5.75 Å². The number of likely N-dealkylation sites (N-methyl/N-ethyl adjacent to an activating group) is 1. The van der Waals surface area contributed by atoms with Crippen LogP contribution in [0.4, 0.5) is 0 Å². The van der Waals surface area contributed by atoms with Crippen LogP contribution >= 0.6 is 0 Å². The standard InChI is InChI=1S/C13H17NO4/c1-3-18-11-6-4-10(5-7-11)12(15)8-14(2)9-13(16)17/h4-7H,3,8-9H2,1-2H3,(H,16,17). The molecule has 1 atom stereocenters. The lowest BCUT2D eigenvalue weighted by atomic mass is 10.1. The lowest BCUT2D eigenvalue weighted by molar-refractivity contribution is -0.864. The van der Waals surface area contributed by atoms with Gasteiger partial charge in [0.25, 0.3) is 0 Å². The number of aliphatic carboxylic acids is 1. The fourth-order valence-corrected chi connectivity index (χ4v) is 1.59. The van der Waals surface area contributed by atoms with E-state index in [-0.39, 0.29) is 18.9 Å². The van der Waals surface area contributed by atoms with Crippen LogP contribution in [0.2, 0.25) is 0 Å². The molecule has 0 spiro atoms. The molecule has 0 saturated carbocycles. The SMILES string of the molecule is CCOc1ccc(C(=O)C[NH+](C)CC(=O)[O-])cc1. The van der Waals surface area contributed by atoms with Crippen molar-refractivity contribution in [3.63, 3.8) is 0 Å². The average molecular weight is 251 g/mol. The quantitative estimate of drug-likeness (QED) is 0.601. The summed E-state index contributed by atoms with van der Waals surface area (Å²) in [5.74, 6) is -0.548. The molecule has 1 unspecified atom stereocenters. The highest BCUT2D eigenvalue weighted by atomic mass is 16.5. The Bertz CT molecular complexity index is 414. The lowest BCUT2D eigenvalue weighted by Crippen LogP contribution is -3.11. The minimum absolute atomic E-state index is 0.100. The Morgan fingerprint density at radius 3 is 2.33 bits per heavy atom. The summed E-state index contributed by atoms with van der Waals surface area (Å²) < 4.78 is 5.27. The van der Waals surface area contributed by atoms with Crippen LogP contribution in [-0.4, -0.2) is 38.5 Å². The minimum Gasteiger partial charge on any atom is -0.544 e. The molecule has 1 aromatic carbocycles. The van der Waals surface area contributed by atoms with Crippen molar-refractivity contribution in [3.8, 4) is 5.75 Å². The second-order valence-corrected chi connectivity index (χ2v) is 4.06. The van der Waals surface area contributed by atoms with Gasteiger partial charge in [-0.1, -0.05) is 0 Å². The van der Waals surface area contributed by atoms with Gasteiger partial charge in [-0.15, -0.1) is 0 Å². The van der Waals surface area contributed by atoms with Crippen molar-refractivity contribution in [1.82, 2.24) is 0 Å². The first-order chi connectivity index (χ1) is 8.52. The van der Waals surface area contributed by atoms with Gasteiger partial charge < -0.3 is 19.5 Å². The monoisotopic (exact) mass is 251 g/mol. The summed E-state index contributed by atoms with van der Waals surface area (Å²) in [6.07, 6.45) is 0. The number of carbonyl (C=O) groups excluding carboxylic acids is 2. The van der Waals surface area contributed by atoms with Crippen LogP contribution in [0.15, 0.2) is 24.3 Å². The van der Waals surface area contributed by atoms with E-state index in [1.165, 1.54) is 0 Å². The smallest absolute Gasteiger partial charge is 0.216 e. The van der Waals surface area contributed by atoms with Gasteiger partial charge in [-0.2, -0.15) is 0 Å². The zero-order valence-corrected chi connectivity index (χ0v) is 10.6. The number of carboxylic acid groups (broad SMARTS) is 1. The molecule has 0 heterocycles. The minimum atomic E-state index is -1.16. The van der Waals surface area contributed by atoms with E-state index >= 15 is 0 Å². The Labute approximate surface area is 106 Å². The van der Waals surface area contributed by atoms with Gasteiger partial charge in [-0.25, -0.2) is 0 Å². The normalized spacial score (nSPS) is 11.9. The summed E-state index contributed by atoms with van der Waals surface area (Å²) in [6.45, 7) is 2.41. The molecule has 5 nitrogen and oxygen atoms in total. The number of ether oxygens (including phenoxy) is 1. The number of hydrogen-bond acceptors (Lipinski definition) is 4. The Morgan fingerprint density at radius 2 is 1.83 bits per heavy atom. The molecule has 5 heteroatoms. The van der Waals surface area contributed by atoms with Crippen molar-refractivity contribution in [2.24, 2.45) is 0 Å². The van der Waals surface area contributed by atoms with Gasteiger partial charge in [0, 0.05) is 5.56 Å². The molecule has 18 heavy (non-hydrogen) atoms. The van der Waals surface area contributed by atoms with Crippen molar-refractivity contribution in [2.45, 2.75) is 6.92 Å². The van der Waals surface area contributed by atoms with E-state index in [0.717, 1.165) is 0 Å². The van der Waals surface area contributed by atoms with Gasteiger partial charge in [-0.05, 0) is 31.2 Å². The summed E-state index contributed by atoms with van der Waals surface area (Å²) in [6, 6.07) is 6.81. The fourth-order valence-electron chi connectivity index (χ4n) is 1.59. The Hall–Kier alpha value is -1.88. The van der Waals surface area contributed by atoms with Gasteiger partial charge >= 0.3 is 0 Å². The van der Waals surface area contributed by atoms with E-state index < -0.39 is 5.97 Å². The molecule has 1 rings (SSSR count). The second kappa shape index (κ2) is 6.76. The maximum atomic E-state index is 11.8. The van der Waals surface area contributed by atoms with Crippen LogP contribution in [0, 0.1) is 0 Å². The molecule has 0 aliphatic heterocycles. The highest BCUT2D eigenvalue weighted by molar-refractivity contribution is 5.97. The Balaban J connectivity index is 2.58. The molecule has 1 N–H and O–H groups in total. The summed E-state index contributed by atoms with van der Waals surface area (Å²) in [4.78, 5) is 22.8. The number of carboxylic acids is 1. The Kier molecular flexibility index (Phi) is 5.32. The van der Waals surface area contributed by atoms with E-state index in [1.807, 2.05) is 6.92 Å². The van der Waals surface area contributed by atoms with Crippen molar-refractivity contribution in [1.29, 1.82) is 0 Å². The van der Waals surface area contributed by atoms with Crippen LogP contribution in [0.25, 0.3) is 0 Å². The van der Waals surface area contributed by atoms with E-state index in [4.69, 9.17) is 4.74 Å². The van der Waals surface area contributed by atoms with E-state index in [9.17, 15) is 14.7 Å². The predicted molar refractivity (Wildman–Crippen MR) is 63.6 cm³/mol. The fraction of sp³-hybridized carbons (Fsp3) is 0.385. The zero-order chi connectivity index (χ0) is 13.5. The highest BCUT2D eigenvalue weighted by Crippen LogP contribution is 2.11. The summed E-state index contributed by atoms with van der Waals surface area (Å²) in [5.41, 5.74) is 0.552. The molecule has 0 fully saturated rings. The number of benzene rings is 1. The maximum Gasteiger partial charge on any atom is 0.216 e. The van der Waals surface area contributed by atoms with Crippen LogP contribution in [-0.2, 0) is 4.79 Å². The molecule has 0 bridgehead atoms. The van der Waals surface area contributed by atoms with Gasteiger partial charge in [0.2, 0.25) is 5.78 Å². The number of ketones is 1. The van der Waals surface area contributed by atoms with E-state index in [2.05, 4.69) is 0 Å². The maximum absolute atomic E-state index is 11.8. The second-order valence-electron chi connectivity index (χ2n) is 4.06. The topological polar surface area (TPSA) is 70.9 Å². The van der Waals surface area contributed by atoms with Gasteiger partial charge in [0.1, 0.15) is 18.8 Å². The van der Waals surface area contributed by atoms with Crippen molar-refractivity contribution < 1.29 is 24.3 Å². The first-order valence-electron chi connectivity index (χ1n) is 5.80. The lowest BCUT2D eigenvalue weighted by Gasteiger charge is -2.13. The molecular weight excluding hydrogens is 234 g/mol. The molecular formula is C13H17NO4. The first-order valence-corrected chi connectivity index (χ1v) is 5.80. The molecule has 0 saturated heterocycles. The summed E-state index contributed by atoms with van der Waals surface area (Å²) >= 11 is 0. The average Bonchev–Trinajstić information content (AvgIpc) is 2.29. The van der Waals surface area contributed by atoms with E-state index in [1.54, 1.807) is 31.3 Å². The van der Waals surface area contributed by atoms with E-state index in [0.29, 0.717) is 22.8 Å². The third kappa shape index (κ3) is 4.55.